The van der Waals surface area contributed by atoms with Gasteiger partial charge in [0.15, 0.2) is 0 Å². The second-order valence-electron chi connectivity index (χ2n) is 6.32. The van der Waals surface area contributed by atoms with Crippen molar-refractivity contribution in [2.75, 3.05) is 0 Å². The van der Waals surface area contributed by atoms with Gasteiger partial charge in [-0.2, -0.15) is 5.26 Å². The fourth-order valence-electron chi connectivity index (χ4n) is 2.87. The first kappa shape index (κ1) is 19.6. The van der Waals surface area contributed by atoms with Crippen LogP contribution in [0.25, 0.3) is 17.4 Å². The second-order valence-corrected chi connectivity index (χ2v) is 6.32. The predicted molar refractivity (Wildman–Crippen MR) is 108 cm³/mol. The monoisotopic (exact) mass is 386 g/mol. The summed E-state index contributed by atoms with van der Waals surface area (Å²) in [6, 6.07) is 19.5. The number of carboxylic acids is 1. The largest absolute Gasteiger partial charge is 0.478 e. The van der Waals surface area contributed by atoms with E-state index in [0.29, 0.717) is 29.2 Å². The average molecular weight is 386 g/mol. The molecular formula is C23H18N2O4. The van der Waals surface area contributed by atoms with Crippen molar-refractivity contribution in [2.45, 2.75) is 13.5 Å². The van der Waals surface area contributed by atoms with Crippen LogP contribution in [0.3, 0.4) is 0 Å². The van der Waals surface area contributed by atoms with Crippen LogP contribution in [0.4, 0.5) is 0 Å². The third kappa shape index (κ3) is 4.60. The van der Waals surface area contributed by atoms with Crippen LogP contribution in [-0.2, 0) is 11.3 Å². The van der Waals surface area contributed by atoms with Gasteiger partial charge in [0.25, 0.3) is 5.91 Å². The summed E-state index contributed by atoms with van der Waals surface area (Å²) in [5.41, 5.74) is 2.24. The maximum atomic E-state index is 12.3. The van der Waals surface area contributed by atoms with Crippen molar-refractivity contribution in [1.82, 2.24) is 5.32 Å². The highest BCUT2D eigenvalue weighted by atomic mass is 16.4. The van der Waals surface area contributed by atoms with Gasteiger partial charge in [-0.3, -0.25) is 4.79 Å². The minimum atomic E-state index is -1.02. The molecule has 6 nitrogen and oxygen atoms in total. The van der Waals surface area contributed by atoms with Crippen LogP contribution in [-0.4, -0.2) is 17.0 Å². The highest BCUT2D eigenvalue weighted by molar-refractivity contribution is 6.01. The quantitative estimate of drug-likeness (QED) is 0.489. The molecule has 0 saturated carbocycles. The fourth-order valence-corrected chi connectivity index (χ4v) is 2.87. The number of furan rings is 1. The molecule has 0 spiro atoms. The lowest BCUT2D eigenvalue weighted by Gasteiger charge is -2.06. The Hall–Kier alpha value is -4.11. The van der Waals surface area contributed by atoms with Gasteiger partial charge in [0.2, 0.25) is 0 Å². The third-order valence-electron chi connectivity index (χ3n) is 4.40. The summed E-state index contributed by atoms with van der Waals surface area (Å²) in [6.45, 7) is 2.01. The number of nitriles is 1. The molecule has 2 N–H and O–H groups in total. The Labute approximate surface area is 167 Å². The van der Waals surface area contributed by atoms with Crippen LogP contribution in [0, 0.1) is 18.3 Å². The van der Waals surface area contributed by atoms with Crippen molar-refractivity contribution in [3.8, 4) is 17.4 Å². The van der Waals surface area contributed by atoms with Gasteiger partial charge in [-0.25, -0.2) is 4.79 Å². The van der Waals surface area contributed by atoms with Gasteiger partial charge < -0.3 is 14.8 Å². The van der Waals surface area contributed by atoms with Crippen molar-refractivity contribution < 1.29 is 19.1 Å². The number of carbonyl (C=O) groups excluding carboxylic acids is 1. The van der Waals surface area contributed by atoms with E-state index in [1.165, 1.54) is 12.1 Å². The minimum Gasteiger partial charge on any atom is -0.478 e. The van der Waals surface area contributed by atoms with E-state index in [4.69, 9.17) is 4.42 Å². The van der Waals surface area contributed by atoms with Crippen LogP contribution >= 0.6 is 0 Å². The smallest absolute Gasteiger partial charge is 0.335 e. The molecule has 0 aliphatic carbocycles. The lowest BCUT2D eigenvalue weighted by molar-refractivity contribution is -0.117. The Balaban J connectivity index is 1.79. The summed E-state index contributed by atoms with van der Waals surface area (Å²) in [6.07, 6.45) is 1.36. The van der Waals surface area contributed by atoms with Crippen molar-refractivity contribution in [2.24, 2.45) is 0 Å². The van der Waals surface area contributed by atoms with Gasteiger partial charge in [0.1, 0.15) is 23.2 Å². The van der Waals surface area contributed by atoms with Crippen LogP contribution in [0.15, 0.2) is 70.7 Å². The molecule has 1 aromatic heterocycles. The highest BCUT2D eigenvalue weighted by Gasteiger charge is 2.15. The Morgan fingerprint density at radius 3 is 2.55 bits per heavy atom. The van der Waals surface area contributed by atoms with Gasteiger partial charge in [-0.05, 0) is 36.2 Å². The first-order chi connectivity index (χ1) is 14.0. The molecule has 2 aromatic carbocycles. The molecule has 29 heavy (non-hydrogen) atoms. The molecule has 6 heteroatoms. The van der Waals surface area contributed by atoms with Gasteiger partial charge in [0.05, 0.1) is 5.56 Å². The molecule has 0 unspecified atom stereocenters. The van der Waals surface area contributed by atoms with Crippen LogP contribution in [0.2, 0.25) is 0 Å². The van der Waals surface area contributed by atoms with Crippen molar-refractivity contribution in [1.29, 1.82) is 5.26 Å². The maximum absolute atomic E-state index is 12.3. The molecule has 0 aliphatic heterocycles. The van der Waals surface area contributed by atoms with E-state index in [2.05, 4.69) is 5.32 Å². The zero-order chi connectivity index (χ0) is 20.8. The van der Waals surface area contributed by atoms with Crippen LogP contribution < -0.4 is 5.32 Å². The minimum absolute atomic E-state index is 0.0853. The molecule has 0 fully saturated rings. The molecular weight excluding hydrogens is 368 g/mol. The molecule has 0 atom stereocenters. The molecule has 0 saturated heterocycles. The van der Waals surface area contributed by atoms with Gasteiger partial charge >= 0.3 is 5.97 Å². The van der Waals surface area contributed by atoms with E-state index in [-0.39, 0.29) is 11.1 Å². The number of nitrogens with one attached hydrogen (secondary N) is 1. The van der Waals surface area contributed by atoms with E-state index in [9.17, 15) is 20.0 Å². The first-order valence-electron chi connectivity index (χ1n) is 8.86. The zero-order valence-corrected chi connectivity index (χ0v) is 15.7. The normalized spacial score (nSPS) is 11.0. The third-order valence-corrected chi connectivity index (χ3v) is 4.40. The summed E-state index contributed by atoms with van der Waals surface area (Å²) in [4.78, 5) is 23.6. The van der Waals surface area contributed by atoms with E-state index >= 15 is 0 Å². The lowest BCUT2D eigenvalue weighted by atomic mass is 10.0. The predicted octanol–water partition coefficient (Wildman–Crippen LogP) is 4.18. The Morgan fingerprint density at radius 1 is 1.10 bits per heavy atom. The van der Waals surface area contributed by atoms with Crippen molar-refractivity contribution in [3.05, 3.63) is 88.7 Å². The number of aromatic carboxylic acids is 1. The molecule has 144 valence electrons. The van der Waals surface area contributed by atoms with Gasteiger partial charge in [-0.15, -0.1) is 0 Å². The van der Waals surface area contributed by atoms with Crippen molar-refractivity contribution in [3.63, 3.8) is 0 Å². The van der Waals surface area contributed by atoms with E-state index in [0.717, 1.165) is 5.56 Å². The SMILES string of the molecule is Cc1c(C(=O)O)cccc1-c1ccc(/C=C(/C#N)C(=O)NCc2ccccc2)o1. The number of hydrogen-bond acceptors (Lipinski definition) is 4. The molecule has 1 amide bonds. The zero-order valence-electron chi connectivity index (χ0n) is 15.7. The number of benzene rings is 2. The molecule has 0 aliphatic rings. The van der Waals surface area contributed by atoms with E-state index in [1.54, 1.807) is 31.2 Å². The summed E-state index contributed by atoms with van der Waals surface area (Å²) < 4.78 is 5.73. The molecule has 1 heterocycles. The number of hydrogen-bond donors (Lipinski definition) is 2. The number of amides is 1. The topological polar surface area (TPSA) is 103 Å². The maximum Gasteiger partial charge on any atom is 0.335 e. The molecule has 0 radical (unpaired) electrons. The Kier molecular flexibility index (Phi) is 5.91. The van der Waals surface area contributed by atoms with E-state index < -0.39 is 11.9 Å². The number of nitrogens with zero attached hydrogens (tertiary/aromatic N) is 1. The number of carbonyl (C=O) groups is 2. The Bertz CT molecular complexity index is 1120. The molecule has 3 rings (SSSR count). The standard InChI is InChI=1S/C23H18N2O4/c1-15-19(8-5-9-20(15)23(27)28)21-11-10-18(29-21)12-17(13-24)22(26)25-14-16-6-3-2-4-7-16/h2-12H,14H2,1H3,(H,25,26)(H,27,28)/b17-12-. The molecule has 3 aromatic rings. The summed E-state index contributed by atoms with van der Waals surface area (Å²) in [5, 5.41) is 21.3. The second kappa shape index (κ2) is 8.72. The first-order valence-corrected chi connectivity index (χ1v) is 8.86. The summed E-state index contributed by atoms with van der Waals surface area (Å²) in [5.74, 6) is -0.735. The van der Waals surface area contributed by atoms with E-state index in [1.807, 2.05) is 36.4 Å². The van der Waals surface area contributed by atoms with Gasteiger partial charge in [-0.1, -0.05) is 42.5 Å². The average Bonchev–Trinajstić information content (AvgIpc) is 3.19. The van der Waals surface area contributed by atoms with Gasteiger partial charge in [0, 0.05) is 18.2 Å². The summed E-state index contributed by atoms with van der Waals surface area (Å²) >= 11 is 0. The van der Waals surface area contributed by atoms with Crippen molar-refractivity contribution >= 4 is 18.0 Å². The van der Waals surface area contributed by atoms with Crippen LogP contribution in [0.1, 0.15) is 27.2 Å². The number of rotatable bonds is 6. The fraction of sp³-hybridized carbons (Fsp3) is 0.0870. The lowest BCUT2D eigenvalue weighted by Crippen LogP contribution is -2.23. The highest BCUT2D eigenvalue weighted by Crippen LogP contribution is 2.28. The Morgan fingerprint density at radius 2 is 1.86 bits per heavy atom. The summed E-state index contributed by atoms with van der Waals surface area (Å²) in [7, 11) is 0. The molecule has 0 bridgehead atoms. The number of carboxylic acid groups (broad SMARTS) is 1. The van der Waals surface area contributed by atoms with Crippen LogP contribution in [0.5, 0.6) is 0 Å².